The number of amides is 1. The molecule has 1 aliphatic rings. The highest BCUT2D eigenvalue weighted by molar-refractivity contribution is 8.18. The van der Waals surface area contributed by atoms with Crippen LogP contribution in [0, 0.1) is 6.92 Å². The zero-order valence-electron chi connectivity index (χ0n) is 13.9. The molecule has 122 valence electrons. The predicted octanol–water partition coefficient (Wildman–Crippen LogP) is 4.08. The van der Waals surface area contributed by atoms with Gasteiger partial charge in [0, 0.05) is 14.1 Å². The van der Waals surface area contributed by atoms with Gasteiger partial charge in [-0.05, 0) is 42.5 Å². The van der Waals surface area contributed by atoms with E-state index in [-0.39, 0.29) is 5.91 Å². The van der Waals surface area contributed by atoms with Gasteiger partial charge in [-0.1, -0.05) is 48.0 Å². The Hall–Kier alpha value is -2.37. The molecule has 1 saturated heterocycles. The van der Waals surface area contributed by atoms with Crippen molar-refractivity contribution in [3.8, 4) is 0 Å². The van der Waals surface area contributed by atoms with Crippen LogP contribution in [0.15, 0.2) is 64.5 Å². The Labute approximate surface area is 146 Å². The smallest absolute Gasteiger partial charge is 0.267 e. The van der Waals surface area contributed by atoms with Crippen molar-refractivity contribution in [2.75, 3.05) is 14.1 Å². The van der Waals surface area contributed by atoms with E-state index < -0.39 is 0 Å². The van der Waals surface area contributed by atoms with Gasteiger partial charge in [0.15, 0.2) is 5.17 Å². The number of benzene rings is 2. The van der Waals surface area contributed by atoms with Crippen LogP contribution in [0.5, 0.6) is 0 Å². The van der Waals surface area contributed by atoms with Crippen LogP contribution < -0.4 is 0 Å². The Balaban J connectivity index is 1.95. The third kappa shape index (κ3) is 3.58. The molecule has 5 heteroatoms. The normalized spacial score (nSPS) is 18.2. The molecule has 0 radical (unpaired) electrons. The first-order valence-electron chi connectivity index (χ1n) is 7.66. The van der Waals surface area contributed by atoms with E-state index in [1.165, 1.54) is 17.3 Å². The van der Waals surface area contributed by atoms with Gasteiger partial charge >= 0.3 is 0 Å². The Morgan fingerprint density at radius 2 is 1.71 bits per heavy atom. The zero-order valence-corrected chi connectivity index (χ0v) is 14.7. The van der Waals surface area contributed by atoms with E-state index in [2.05, 4.69) is 4.99 Å². The highest BCUT2D eigenvalue weighted by Crippen LogP contribution is 2.34. The molecule has 1 heterocycles. The second kappa shape index (κ2) is 7.03. The maximum Gasteiger partial charge on any atom is 0.281 e. The van der Waals surface area contributed by atoms with Crippen molar-refractivity contribution in [3.63, 3.8) is 0 Å². The fourth-order valence-electron chi connectivity index (χ4n) is 2.32. The van der Waals surface area contributed by atoms with Crippen molar-refractivity contribution in [3.05, 3.63) is 70.6 Å². The molecular weight excluding hydrogens is 318 g/mol. The van der Waals surface area contributed by atoms with Gasteiger partial charge in [0.1, 0.15) is 0 Å². The first-order chi connectivity index (χ1) is 11.5. The maximum absolute atomic E-state index is 12.7. The van der Waals surface area contributed by atoms with Crippen LogP contribution in [-0.2, 0) is 4.79 Å². The minimum Gasteiger partial charge on any atom is -0.267 e. The molecule has 1 fully saturated rings. The molecule has 0 aromatic heterocycles. The first-order valence-corrected chi connectivity index (χ1v) is 8.48. The molecule has 2 aromatic carbocycles. The number of amidine groups is 1. The third-order valence-corrected chi connectivity index (χ3v) is 4.50. The Morgan fingerprint density at radius 1 is 1.04 bits per heavy atom. The molecular formula is C19H19N3OS. The van der Waals surface area contributed by atoms with Gasteiger partial charge in [-0.25, -0.2) is 15.0 Å². The van der Waals surface area contributed by atoms with Crippen molar-refractivity contribution >= 4 is 34.6 Å². The zero-order chi connectivity index (χ0) is 17.1. The second-order valence-corrected chi connectivity index (χ2v) is 6.72. The molecule has 24 heavy (non-hydrogen) atoms. The van der Waals surface area contributed by atoms with Crippen LogP contribution >= 0.6 is 11.8 Å². The number of hydrogen-bond acceptors (Lipinski definition) is 4. The van der Waals surface area contributed by atoms with Crippen LogP contribution in [0.25, 0.3) is 6.08 Å². The Morgan fingerprint density at radius 3 is 2.33 bits per heavy atom. The molecule has 3 rings (SSSR count). The van der Waals surface area contributed by atoms with E-state index in [0.717, 1.165) is 11.3 Å². The van der Waals surface area contributed by atoms with E-state index in [1.807, 2.05) is 81.7 Å². The van der Waals surface area contributed by atoms with Crippen LogP contribution in [0.4, 0.5) is 5.69 Å². The number of carbonyl (C=O) groups excluding carboxylic acids is 1. The van der Waals surface area contributed by atoms with Crippen molar-refractivity contribution in [2.24, 2.45) is 4.99 Å². The summed E-state index contributed by atoms with van der Waals surface area (Å²) in [5.74, 6) is -0.0553. The van der Waals surface area contributed by atoms with Crippen LogP contribution in [0.2, 0.25) is 0 Å². The SMILES string of the molecule is Cc1ccc(/C=C2\SC(=Nc3ccccc3)N(N(C)C)C2=O)cc1. The fraction of sp³-hybridized carbons (Fsp3) is 0.158. The van der Waals surface area contributed by atoms with Gasteiger partial charge in [0.25, 0.3) is 5.91 Å². The minimum atomic E-state index is -0.0553. The lowest BCUT2D eigenvalue weighted by Gasteiger charge is -2.22. The third-order valence-electron chi connectivity index (χ3n) is 3.54. The summed E-state index contributed by atoms with van der Waals surface area (Å²) in [5, 5.41) is 4.01. The lowest BCUT2D eigenvalue weighted by atomic mass is 10.1. The van der Waals surface area contributed by atoms with Gasteiger partial charge in [-0.2, -0.15) is 0 Å². The molecule has 0 atom stereocenters. The number of carbonyl (C=O) groups is 1. The van der Waals surface area contributed by atoms with Crippen LogP contribution in [-0.4, -0.2) is 35.2 Å². The average Bonchev–Trinajstić information content (AvgIpc) is 2.86. The topological polar surface area (TPSA) is 35.9 Å². The van der Waals surface area contributed by atoms with E-state index >= 15 is 0 Å². The maximum atomic E-state index is 12.7. The summed E-state index contributed by atoms with van der Waals surface area (Å²) in [4.78, 5) is 18.0. The first kappa shape index (κ1) is 16.5. The Bertz CT molecular complexity index is 795. The summed E-state index contributed by atoms with van der Waals surface area (Å²) in [5.41, 5.74) is 3.04. The van der Waals surface area contributed by atoms with Crippen molar-refractivity contribution in [1.29, 1.82) is 0 Å². The summed E-state index contributed by atoms with van der Waals surface area (Å²) in [6.45, 7) is 2.05. The summed E-state index contributed by atoms with van der Waals surface area (Å²) >= 11 is 1.39. The van der Waals surface area contributed by atoms with Gasteiger partial charge in [-0.3, -0.25) is 4.79 Å². The van der Waals surface area contributed by atoms with E-state index in [4.69, 9.17) is 0 Å². The molecule has 0 unspecified atom stereocenters. The standard InChI is InChI=1S/C19H19N3OS/c1-14-9-11-15(12-10-14)13-17-18(23)22(21(2)3)19(24-17)20-16-7-5-4-6-8-16/h4-13H,1-3H3/b17-13-,20-19?. The monoisotopic (exact) mass is 337 g/mol. The number of thioether (sulfide) groups is 1. The predicted molar refractivity (Wildman–Crippen MR) is 101 cm³/mol. The highest BCUT2D eigenvalue weighted by atomic mass is 32.2. The van der Waals surface area contributed by atoms with Gasteiger partial charge < -0.3 is 0 Å². The number of hydrogen-bond donors (Lipinski definition) is 0. The molecule has 0 bridgehead atoms. The van der Waals surface area contributed by atoms with Crippen molar-refractivity contribution in [1.82, 2.24) is 10.0 Å². The number of aryl methyl sites for hydroxylation is 1. The molecule has 0 spiro atoms. The van der Waals surface area contributed by atoms with E-state index in [1.54, 1.807) is 10.0 Å². The van der Waals surface area contributed by atoms with Gasteiger partial charge in [0.2, 0.25) is 0 Å². The second-order valence-electron chi connectivity index (χ2n) is 5.72. The number of nitrogens with zero attached hydrogens (tertiary/aromatic N) is 3. The number of aliphatic imine (C=N–C) groups is 1. The van der Waals surface area contributed by atoms with Crippen molar-refractivity contribution < 1.29 is 4.79 Å². The molecule has 0 saturated carbocycles. The Kier molecular flexibility index (Phi) is 4.83. The summed E-state index contributed by atoms with van der Waals surface area (Å²) in [6.07, 6.45) is 1.91. The minimum absolute atomic E-state index is 0.0553. The van der Waals surface area contributed by atoms with Crippen molar-refractivity contribution in [2.45, 2.75) is 6.92 Å². The largest absolute Gasteiger partial charge is 0.281 e. The highest BCUT2D eigenvalue weighted by Gasteiger charge is 2.35. The average molecular weight is 337 g/mol. The lowest BCUT2D eigenvalue weighted by molar-refractivity contribution is -0.130. The molecule has 0 aliphatic carbocycles. The molecule has 4 nitrogen and oxygen atoms in total. The van der Waals surface area contributed by atoms with Crippen LogP contribution in [0.3, 0.4) is 0 Å². The molecule has 1 amide bonds. The van der Waals surface area contributed by atoms with Crippen LogP contribution in [0.1, 0.15) is 11.1 Å². The summed E-state index contributed by atoms with van der Waals surface area (Å²) in [6, 6.07) is 17.8. The van der Waals surface area contributed by atoms with E-state index in [0.29, 0.717) is 10.1 Å². The summed E-state index contributed by atoms with van der Waals surface area (Å²) < 4.78 is 0. The quantitative estimate of drug-likeness (QED) is 0.792. The lowest BCUT2D eigenvalue weighted by Crippen LogP contribution is -2.40. The molecule has 0 N–H and O–H groups in total. The number of para-hydroxylation sites is 1. The van der Waals surface area contributed by atoms with Gasteiger partial charge in [0.05, 0.1) is 10.6 Å². The number of hydrazine groups is 1. The number of rotatable bonds is 3. The summed E-state index contributed by atoms with van der Waals surface area (Å²) in [7, 11) is 3.68. The fourth-order valence-corrected chi connectivity index (χ4v) is 3.37. The van der Waals surface area contributed by atoms with E-state index in [9.17, 15) is 4.79 Å². The molecule has 1 aliphatic heterocycles. The molecule has 2 aromatic rings. The van der Waals surface area contributed by atoms with Gasteiger partial charge in [-0.15, -0.1) is 0 Å².